The van der Waals surface area contributed by atoms with E-state index in [1.54, 1.807) is 0 Å². The Kier molecular flexibility index (Phi) is 4.72. The molecule has 0 radical (unpaired) electrons. The molecule has 1 spiro atoms. The van der Waals surface area contributed by atoms with E-state index in [4.69, 9.17) is 23.0 Å². The maximum absolute atomic E-state index is 13.3. The number of fused-ring (bicyclic) bond motifs is 1. The average Bonchev–Trinajstić information content (AvgIpc) is 3.50. The summed E-state index contributed by atoms with van der Waals surface area (Å²) in [5, 5.41) is 0. The Morgan fingerprint density at radius 3 is 2.18 bits per heavy atom. The highest BCUT2D eigenvalue weighted by Crippen LogP contribution is 2.65. The van der Waals surface area contributed by atoms with Crippen LogP contribution in [0, 0.1) is 11.3 Å². The number of hydrogen-bond donors (Lipinski definition) is 0. The van der Waals surface area contributed by atoms with Crippen LogP contribution in [-0.4, -0.2) is 41.1 Å². The monoisotopic (exact) mass is 454 g/mol. The van der Waals surface area contributed by atoms with Crippen LogP contribution in [0.3, 0.4) is 0 Å². The fourth-order valence-corrected chi connectivity index (χ4v) is 5.86. The maximum atomic E-state index is 13.3. The number of rotatable bonds is 4. The SMILES string of the molecule is CC1=CC(=O)C(OC(=O)c2ccoc2)C2(C)C(OC(=O)c3ccoc3)CC3CC12OC3(C)C. The Balaban J connectivity index is 1.59. The first-order chi connectivity index (χ1) is 15.6. The lowest BCUT2D eigenvalue weighted by Crippen LogP contribution is -2.67. The molecule has 2 fully saturated rings. The molecule has 1 saturated carbocycles. The van der Waals surface area contributed by atoms with E-state index in [0.29, 0.717) is 12.8 Å². The van der Waals surface area contributed by atoms with Crippen molar-refractivity contribution in [3.63, 3.8) is 0 Å². The summed E-state index contributed by atoms with van der Waals surface area (Å²) in [4.78, 5) is 39.0. The molecule has 0 N–H and O–H groups in total. The van der Waals surface area contributed by atoms with Crippen LogP contribution >= 0.6 is 0 Å². The summed E-state index contributed by atoms with van der Waals surface area (Å²) in [6.45, 7) is 7.68. The van der Waals surface area contributed by atoms with Crippen LogP contribution in [-0.2, 0) is 19.0 Å². The number of carbonyl (C=O) groups excluding carboxylic acids is 3. The summed E-state index contributed by atoms with van der Waals surface area (Å²) in [5.41, 5.74) is -1.40. The first-order valence-corrected chi connectivity index (χ1v) is 11.0. The van der Waals surface area contributed by atoms with Gasteiger partial charge in [0.05, 0.1) is 34.7 Å². The molecule has 2 aliphatic carbocycles. The molecule has 2 aromatic heterocycles. The summed E-state index contributed by atoms with van der Waals surface area (Å²) >= 11 is 0. The second-order valence-electron chi connectivity index (χ2n) is 9.89. The predicted molar refractivity (Wildman–Crippen MR) is 113 cm³/mol. The minimum absolute atomic E-state index is 0.0782. The van der Waals surface area contributed by atoms with Gasteiger partial charge in [0.25, 0.3) is 0 Å². The largest absolute Gasteiger partial charge is 0.472 e. The Hall–Kier alpha value is -3.13. The maximum Gasteiger partial charge on any atom is 0.342 e. The summed E-state index contributed by atoms with van der Waals surface area (Å²) in [5.74, 6) is -1.54. The number of furan rings is 2. The molecule has 3 aliphatic rings. The Bertz CT molecular complexity index is 1130. The molecule has 5 atom stereocenters. The third kappa shape index (κ3) is 3.04. The van der Waals surface area contributed by atoms with E-state index < -0.39 is 40.8 Å². The van der Waals surface area contributed by atoms with Crippen LogP contribution in [0.1, 0.15) is 61.3 Å². The highest BCUT2D eigenvalue weighted by molar-refractivity contribution is 6.00. The number of ether oxygens (including phenoxy) is 3. The molecule has 2 bridgehead atoms. The van der Waals surface area contributed by atoms with Crippen molar-refractivity contribution in [2.75, 3.05) is 0 Å². The van der Waals surface area contributed by atoms with Crippen LogP contribution in [0.5, 0.6) is 0 Å². The predicted octanol–water partition coefficient (Wildman–Crippen LogP) is 4.12. The summed E-state index contributed by atoms with van der Waals surface area (Å²) in [7, 11) is 0. The van der Waals surface area contributed by atoms with Crippen LogP contribution in [0.25, 0.3) is 0 Å². The summed E-state index contributed by atoms with van der Waals surface area (Å²) in [6.07, 6.45) is 5.97. The summed E-state index contributed by atoms with van der Waals surface area (Å²) in [6, 6.07) is 2.99. The van der Waals surface area contributed by atoms with Gasteiger partial charge in [-0.15, -0.1) is 0 Å². The lowest BCUT2D eigenvalue weighted by atomic mass is 9.52. The third-order valence-corrected chi connectivity index (χ3v) is 7.78. The van der Waals surface area contributed by atoms with Gasteiger partial charge in [0.1, 0.15) is 24.2 Å². The molecule has 8 nitrogen and oxygen atoms in total. The van der Waals surface area contributed by atoms with Crippen LogP contribution in [0.2, 0.25) is 0 Å². The third-order valence-electron chi connectivity index (χ3n) is 7.78. The Morgan fingerprint density at radius 2 is 1.61 bits per heavy atom. The molecule has 3 heterocycles. The van der Waals surface area contributed by atoms with E-state index >= 15 is 0 Å². The molecular formula is C25H26O8. The molecule has 1 aliphatic heterocycles. The van der Waals surface area contributed by atoms with Crippen molar-refractivity contribution in [2.24, 2.45) is 11.3 Å². The van der Waals surface area contributed by atoms with Gasteiger partial charge in [0.15, 0.2) is 11.9 Å². The number of ketones is 1. The smallest absolute Gasteiger partial charge is 0.342 e. The number of carbonyl (C=O) groups is 3. The molecule has 0 aromatic carbocycles. The van der Waals surface area contributed by atoms with E-state index in [-0.39, 0.29) is 22.8 Å². The van der Waals surface area contributed by atoms with Gasteiger partial charge in [-0.2, -0.15) is 0 Å². The molecule has 5 unspecified atom stereocenters. The van der Waals surface area contributed by atoms with Gasteiger partial charge in [-0.25, -0.2) is 9.59 Å². The Morgan fingerprint density at radius 1 is 1.00 bits per heavy atom. The molecule has 174 valence electrons. The zero-order valence-corrected chi connectivity index (χ0v) is 19.0. The number of hydrogen-bond acceptors (Lipinski definition) is 8. The van der Waals surface area contributed by atoms with Gasteiger partial charge >= 0.3 is 11.9 Å². The minimum Gasteiger partial charge on any atom is -0.472 e. The van der Waals surface area contributed by atoms with Gasteiger partial charge in [-0.3, -0.25) is 4.79 Å². The van der Waals surface area contributed by atoms with Gasteiger partial charge in [-0.1, -0.05) is 0 Å². The first kappa shape index (κ1) is 21.7. The molecule has 2 aromatic rings. The minimum atomic E-state index is -1.21. The van der Waals surface area contributed by atoms with E-state index in [1.807, 2.05) is 27.7 Å². The normalized spacial score (nSPS) is 34.4. The van der Waals surface area contributed by atoms with E-state index in [0.717, 1.165) is 5.57 Å². The van der Waals surface area contributed by atoms with E-state index in [1.165, 1.54) is 43.3 Å². The molecule has 1 saturated heterocycles. The average molecular weight is 454 g/mol. The van der Waals surface area contributed by atoms with Gasteiger partial charge in [0, 0.05) is 0 Å². The zero-order chi connectivity index (χ0) is 23.6. The number of esters is 2. The highest BCUT2D eigenvalue weighted by Gasteiger charge is 2.73. The van der Waals surface area contributed by atoms with Crippen molar-refractivity contribution >= 4 is 17.7 Å². The van der Waals surface area contributed by atoms with Crippen molar-refractivity contribution in [1.29, 1.82) is 0 Å². The fourth-order valence-electron chi connectivity index (χ4n) is 5.86. The second kappa shape index (κ2) is 7.18. The topological polar surface area (TPSA) is 105 Å². The zero-order valence-electron chi connectivity index (χ0n) is 19.0. The molecular weight excluding hydrogens is 428 g/mol. The van der Waals surface area contributed by atoms with Crippen LogP contribution in [0.15, 0.2) is 57.7 Å². The van der Waals surface area contributed by atoms with Gasteiger partial charge in [-0.05, 0) is 70.2 Å². The van der Waals surface area contributed by atoms with Crippen molar-refractivity contribution < 1.29 is 37.4 Å². The first-order valence-electron chi connectivity index (χ1n) is 11.0. The van der Waals surface area contributed by atoms with Crippen LogP contribution < -0.4 is 0 Å². The lowest BCUT2D eigenvalue weighted by molar-refractivity contribution is -0.201. The lowest BCUT2D eigenvalue weighted by Gasteiger charge is -2.56. The standard InChI is InChI=1S/C25H26O8/c1-14-9-18(26)20(32-22(28)16-6-8-30-13-16)24(4)19(31-21(27)15-5-7-29-12-15)10-17-11-25(14,24)33-23(17,2)3/h5-9,12-13,17,19-20H,10-11H2,1-4H3. The molecule has 8 heteroatoms. The van der Waals surface area contributed by atoms with E-state index in [2.05, 4.69) is 0 Å². The van der Waals surface area contributed by atoms with Crippen molar-refractivity contribution in [2.45, 2.75) is 63.9 Å². The quantitative estimate of drug-likeness (QED) is 0.636. The fraction of sp³-hybridized carbons (Fsp3) is 0.480. The molecule has 33 heavy (non-hydrogen) atoms. The van der Waals surface area contributed by atoms with Crippen LogP contribution in [0.4, 0.5) is 0 Å². The van der Waals surface area contributed by atoms with Gasteiger partial charge < -0.3 is 23.0 Å². The highest BCUT2D eigenvalue weighted by atomic mass is 16.6. The summed E-state index contributed by atoms with van der Waals surface area (Å²) < 4.78 is 28.5. The molecule has 5 rings (SSSR count). The van der Waals surface area contributed by atoms with Crippen molar-refractivity contribution in [3.8, 4) is 0 Å². The molecule has 0 amide bonds. The van der Waals surface area contributed by atoms with Gasteiger partial charge in [0.2, 0.25) is 0 Å². The van der Waals surface area contributed by atoms with E-state index in [9.17, 15) is 14.4 Å². The van der Waals surface area contributed by atoms with Crippen molar-refractivity contribution in [3.05, 3.63) is 60.0 Å². The second-order valence-corrected chi connectivity index (χ2v) is 9.89. The van der Waals surface area contributed by atoms with Crippen molar-refractivity contribution in [1.82, 2.24) is 0 Å². The Labute approximate surface area is 190 Å².